The molecule has 7 aromatic rings. The lowest BCUT2D eigenvalue weighted by molar-refractivity contribution is -0.384. The lowest BCUT2D eigenvalue weighted by Crippen LogP contribution is -2.57. The van der Waals surface area contributed by atoms with Gasteiger partial charge in [-0.3, -0.25) is 34.2 Å². The topological polar surface area (TPSA) is 278 Å². The average molecular weight is 1460 g/mol. The van der Waals surface area contributed by atoms with Gasteiger partial charge in [0.1, 0.15) is 34.9 Å². The summed E-state index contributed by atoms with van der Waals surface area (Å²) in [6.45, 7) is 19.8. The van der Waals surface area contributed by atoms with Gasteiger partial charge in [0.2, 0.25) is 17.7 Å². The fourth-order valence-corrected chi connectivity index (χ4v) is 16.5. The largest absolute Gasteiger partial charge is 0.455 e. The molecule has 0 spiro atoms. The van der Waals surface area contributed by atoms with Gasteiger partial charge in [-0.2, -0.15) is 0 Å². The van der Waals surface area contributed by atoms with E-state index in [9.17, 15) is 42.8 Å². The molecule has 25 heteroatoms. The number of aromatic nitrogens is 3. The molecule has 22 nitrogen and oxygen atoms in total. The lowest BCUT2D eigenvalue weighted by Gasteiger charge is -2.39. The molecule has 3 aromatic heterocycles. The summed E-state index contributed by atoms with van der Waals surface area (Å²) in [5, 5.41) is 33.9. The van der Waals surface area contributed by atoms with Crippen LogP contribution in [0.15, 0.2) is 125 Å². The number of aryl methyl sites for hydroxylation is 1. The zero-order chi connectivity index (χ0) is 73.0. The molecule has 3 atom stereocenters. The van der Waals surface area contributed by atoms with Crippen LogP contribution < -0.4 is 30.3 Å². The maximum Gasteiger partial charge on any atom is 0.293 e. The number of benzene rings is 4. The molecule has 4 aliphatic rings. The minimum atomic E-state index is -4.63. The molecule has 3 aliphatic heterocycles. The number of allylic oxidation sites excluding steroid dienone is 1. The second kappa shape index (κ2) is 34.1. The number of carbonyl (C=O) groups is 4. The highest BCUT2D eigenvalue weighted by Gasteiger charge is 2.45. The van der Waals surface area contributed by atoms with Crippen molar-refractivity contribution in [3.63, 3.8) is 0 Å². The molecular weight excluding hydrogens is 1360 g/mol. The Kier molecular flexibility index (Phi) is 25.1. The van der Waals surface area contributed by atoms with E-state index in [1.54, 1.807) is 41.8 Å². The number of sulfonamides is 1. The summed E-state index contributed by atoms with van der Waals surface area (Å²) >= 11 is 7.86. The second-order valence-corrected chi connectivity index (χ2v) is 33.1. The number of nitrogens with zero attached hydrogens (tertiary/aromatic N) is 7. The summed E-state index contributed by atoms with van der Waals surface area (Å²) in [7, 11) is -4.63. The van der Waals surface area contributed by atoms with Crippen LogP contribution in [0.2, 0.25) is 5.02 Å². The number of piperidine rings is 1. The van der Waals surface area contributed by atoms with E-state index in [1.165, 1.54) is 39.9 Å². The number of β-amino-alcohol motifs (C(OH)–C–C–N with tert-alkyl or cyclic N) is 1. The third kappa shape index (κ3) is 20.2. The molecule has 0 radical (unpaired) electrons. The van der Waals surface area contributed by atoms with E-state index in [4.69, 9.17) is 16.3 Å². The molecule has 4 aromatic carbocycles. The van der Waals surface area contributed by atoms with E-state index in [0.29, 0.717) is 43.9 Å². The summed E-state index contributed by atoms with van der Waals surface area (Å²) in [5.41, 5.74) is 9.54. The van der Waals surface area contributed by atoms with Crippen molar-refractivity contribution < 1.29 is 42.4 Å². The summed E-state index contributed by atoms with van der Waals surface area (Å²) in [5.74, 6) is -1.19. The van der Waals surface area contributed by atoms with Crippen molar-refractivity contribution in [3.05, 3.63) is 158 Å². The molecule has 1 aliphatic carbocycles. The quantitative estimate of drug-likeness (QED) is 0.0139. The lowest BCUT2D eigenvalue weighted by atomic mass is 9.72. The van der Waals surface area contributed by atoms with Gasteiger partial charge in [-0.15, -0.1) is 11.3 Å². The number of pyridine rings is 1. The standard InChI is InChI=1S/C78H99ClN12O10S2/c1-52-71(102-51-84-52)56-18-16-53(17-19-56)47-83-75(95)68-43-61(92)50-90(68)76(96)72(77(2,3)4)85-70(93)15-13-11-9-7-8-10-12-14-34-87-35-30-54(31-36-87)46-81-66-27-25-63(44-67(66)91(97)98)103(99,100)86-74(94)64-26-24-60(42-69(64)101-62-41-57-29-33-80-73(57)82-48-62)89-39-37-88(38-40-89)49-58-28-32-78(5,6)45-65(58)55-20-22-59(79)23-21-55/h16-27,29,33,41-42,44,48,51,54,61,68,72,81,92H,7-15,28,30-32,34-40,43,45-47,49-50H2,1-6H3,(H,80,82)(H,83,95)(H,85,93)(H,86,94)/t61-,68+,72-/m1/s1. The van der Waals surface area contributed by atoms with Gasteiger partial charge in [-0.05, 0) is 159 Å². The Morgan fingerprint density at radius 1 is 0.854 bits per heavy atom. The molecule has 0 saturated carbocycles. The SMILES string of the molecule is Cc1ncsc1-c1ccc(CNC(=O)[C@@H]2C[C@@H](O)CN2C(=O)[C@@H](NC(=O)CCCCCCCCCCN2CCC(CNc3ccc(S(=O)(=O)NC(=O)c4ccc(N5CCN(CC6=C(c7ccc(Cl)cc7)CC(C)(C)CC6)CC5)cc4Oc4cnc5[nH]ccc5c4)cc3[N+](=O)[O-])CC2)C(C)(C)C)cc1. The van der Waals surface area contributed by atoms with Crippen molar-refractivity contribution in [2.45, 2.75) is 167 Å². The molecule has 0 unspecified atom stereocenters. The van der Waals surface area contributed by atoms with Crippen molar-refractivity contribution >= 4 is 90.3 Å². The first-order chi connectivity index (χ1) is 49.3. The highest BCUT2D eigenvalue weighted by Crippen LogP contribution is 2.44. The number of nitro groups is 1. The van der Waals surface area contributed by atoms with E-state index in [2.05, 4.69) is 76.3 Å². The van der Waals surface area contributed by atoms with Crippen LogP contribution in [0.25, 0.3) is 27.0 Å². The molecule has 550 valence electrons. The molecule has 11 rings (SSSR count). The van der Waals surface area contributed by atoms with Gasteiger partial charge in [0.25, 0.3) is 21.6 Å². The molecule has 6 N–H and O–H groups in total. The predicted octanol–water partition coefficient (Wildman–Crippen LogP) is 13.7. The zero-order valence-corrected chi connectivity index (χ0v) is 62.5. The Balaban J connectivity index is 0.588. The Hall–Kier alpha value is -8.26. The maximum atomic E-state index is 14.2. The Morgan fingerprint density at radius 2 is 1.56 bits per heavy atom. The summed E-state index contributed by atoms with van der Waals surface area (Å²) < 4.78 is 36.6. The summed E-state index contributed by atoms with van der Waals surface area (Å²) in [6.07, 6.45) is 15.9. The number of likely N-dealkylation sites (tertiary alicyclic amines) is 2. The fraction of sp³-hybridized carbons (Fsp3) is 0.487. The smallest absolute Gasteiger partial charge is 0.293 e. The van der Waals surface area contributed by atoms with Gasteiger partial charge in [0.05, 0.1) is 43.8 Å². The molecule has 3 saturated heterocycles. The number of unbranched alkanes of at least 4 members (excludes halogenated alkanes) is 7. The number of carbonyl (C=O) groups excluding carboxylic acids is 4. The molecule has 3 fully saturated rings. The van der Waals surface area contributed by atoms with E-state index >= 15 is 0 Å². The molecule has 4 amide bonds. The monoisotopic (exact) mass is 1460 g/mol. The van der Waals surface area contributed by atoms with Crippen LogP contribution in [0, 0.1) is 33.8 Å². The van der Waals surface area contributed by atoms with Crippen molar-refractivity contribution in [2.24, 2.45) is 16.7 Å². The number of aliphatic hydroxyl groups is 1. The minimum absolute atomic E-state index is 0.0152. The number of anilines is 2. The van der Waals surface area contributed by atoms with Crippen molar-refractivity contribution in [3.8, 4) is 21.9 Å². The number of fused-ring (bicyclic) bond motifs is 1. The van der Waals surface area contributed by atoms with Gasteiger partial charge >= 0.3 is 0 Å². The number of piperazine rings is 1. The summed E-state index contributed by atoms with van der Waals surface area (Å²) in [4.78, 5) is 88.3. The third-order valence-corrected chi connectivity index (χ3v) is 23.2. The van der Waals surface area contributed by atoms with Gasteiger partial charge in [-0.1, -0.05) is 127 Å². The number of H-pyrrole nitrogens is 1. The number of rotatable bonds is 30. The average Bonchev–Trinajstić information content (AvgIpc) is 1.24. The number of nitrogens with one attached hydrogen (secondary N) is 5. The number of hydrogen-bond donors (Lipinski definition) is 6. The van der Waals surface area contributed by atoms with Gasteiger partial charge in [-0.25, -0.2) is 23.1 Å². The molecule has 0 bridgehead atoms. The van der Waals surface area contributed by atoms with Crippen LogP contribution >= 0.6 is 22.9 Å². The predicted molar refractivity (Wildman–Crippen MR) is 406 cm³/mol. The first-order valence-electron chi connectivity index (χ1n) is 36.4. The molecule has 6 heterocycles. The Bertz CT molecular complexity index is 4270. The van der Waals surface area contributed by atoms with Crippen LogP contribution in [-0.4, -0.2) is 155 Å². The summed E-state index contributed by atoms with van der Waals surface area (Å²) in [6, 6.07) is 26.7. The van der Waals surface area contributed by atoms with Crippen LogP contribution in [0.5, 0.6) is 11.5 Å². The number of ether oxygens (including phenoxy) is 1. The van der Waals surface area contributed by atoms with E-state index in [-0.39, 0.29) is 65.6 Å². The van der Waals surface area contributed by atoms with E-state index in [0.717, 1.165) is 160 Å². The van der Waals surface area contributed by atoms with Crippen LogP contribution in [0.3, 0.4) is 0 Å². The number of hydrogen-bond acceptors (Lipinski definition) is 17. The van der Waals surface area contributed by atoms with Crippen LogP contribution in [-0.2, 0) is 31.0 Å². The van der Waals surface area contributed by atoms with E-state index < -0.39 is 55.0 Å². The minimum Gasteiger partial charge on any atom is -0.455 e. The number of thiazole rings is 1. The normalized spacial score (nSPS) is 18.1. The van der Waals surface area contributed by atoms with E-state index in [1.807, 2.05) is 75.7 Å². The van der Waals surface area contributed by atoms with Crippen molar-refractivity contribution in [1.82, 2.24) is 45.0 Å². The number of aliphatic hydroxyl groups excluding tert-OH is 1. The van der Waals surface area contributed by atoms with Crippen molar-refractivity contribution in [2.75, 3.05) is 75.7 Å². The van der Waals surface area contributed by atoms with Gasteiger partial charge in [0, 0.05) is 99.6 Å². The number of halogens is 1. The first kappa shape index (κ1) is 75.9. The highest BCUT2D eigenvalue weighted by molar-refractivity contribution is 7.90. The highest BCUT2D eigenvalue weighted by atomic mass is 35.5. The zero-order valence-electron chi connectivity index (χ0n) is 60.1. The van der Waals surface area contributed by atoms with Gasteiger partial charge < -0.3 is 45.5 Å². The Morgan fingerprint density at radius 3 is 2.26 bits per heavy atom. The maximum absolute atomic E-state index is 14.2. The second-order valence-electron chi connectivity index (χ2n) is 30.1. The van der Waals surface area contributed by atoms with Crippen molar-refractivity contribution in [1.29, 1.82) is 0 Å². The molecular formula is C78H99ClN12O10S2. The van der Waals surface area contributed by atoms with Crippen LogP contribution in [0.1, 0.15) is 158 Å². The van der Waals surface area contributed by atoms with Crippen LogP contribution in [0.4, 0.5) is 17.1 Å². The van der Waals surface area contributed by atoms with Gasteiger partial charge in [0.15, 0.2) is 0 Å². The number of aromatic amines is 1. The fourth-order valence-electron chi connectivity index (χ4n) is 14.6. The Labute approximate surface area is 614 Å². The third-order valence-electron chi connectivity index (χ3n) is 20.7. The molecule has 103 heavy (non-hydrogen) atoms. The number of nitro benzene ring substituents is 1. The number of amides is 4. The first-order valence-corrected chi connectivity index (χ1v) is 39.1.